The Labute approximate surface area is 147 Å². The first-order valence-electron chi connectivity index (χ1n) is 8.13. The fraction of sp³-hybridized carbons (Fsp3) is 0.100. The fourth-order valence-electron chi connectivity index (χ4n) is 3.17. The van der Waals surface area contributed by atoms with Crippen LogP contribution in [0.4, 0.5) is 0 Å². The maximum atomic E-state index is 12.9. The highest BCUT2D eigenvalue weighted by molar-refractivity contribution is 7.23. The van der Waals surface area contributed by atoms with Crippen LogP contribution in [-0.4, -0.2) is 15.5 Å². The number of nitrogens with zero attached hydrogens (tertiary/aromatic N) is 2. The standard InChI is InChI=1S/C20H14N2O2S/c23-19-15-12-14(11-10-13-6-2-1-3-7-13)24-18(15)21-20-22(19)16-8-4-5-9-17(16)25-20/h1-11,14H,12H2/b11-10+. The summed E-state index contributed by atoms with van der Waals surface area (Å²) in [5.41, 5.74) is 2.65. The van der Waals surface area contributed by atoms with Crippen LogP contribution in [0.15, 0.2) is 65.5 Å². The monoisotopic (exact) mass is 346 g/mol. The molecule has 1 aliphatic rings. The van der Waals surface area contributed by atoms with E-state index in [0.29, 0.717) is 22.8 Å². The Hall–Kier alpha value is -2.92. The summed E-state index contributed by atoms with van der Waals surface area (Å²) in [6.07, 6.45) is 4.41. The number of thiazole rings is 1. The zero-order chi connectivity index (χ0) is 16.8. The minimum Gasteiger partial charge on any atom is -0.469 e. The molecule has 2 aromatic carbocycles. The molecule has 1 aliphatic heterocycles. The topological polar surface area (TPSA) is 43.6 Å². The van der Waals surface area contributed by atoms with Gasteiger partial charge in [0.1, 0.15) is 6.10 Å². The van der Waals surface area contributed by atoms with Crippen LogP contribution < -0.4 is 10.3 Å². The summed E-state index contributed by atoms with van der Waals surface area (Å²) < 4.78 is 8.66. The lowest BCUT2D eigenvalue weighted by molar-refractivity contribution is 0.275. The van der Waals surface area contributed by atoms with Gasteiger partial charge in [0.15, 0.2) is 0 Å². The number of hydrogen-bond donors (Lipinski definition) is 0. The Morgan fingerprint density at radius 2 is 1.92 bits per heavy atom. The summed E-state index contributed by atoms with van der Waals surface area (Å²) in [7, 11) is 0. The first-order chi connectivity index (χ1) is 12.3. The fourth-order valence-corrected chi connectivity index (χ4v) is 4.18. The minimum atomic E-state index is -0.154. The molecule has 3 heterocycles. The van der Waals surface area contributed by atoms with Crippen LogP contribution in [0.3, 0.4) is 0 Å². The van der Waals surface area contributed by atoms with Crippen molar-refractivity contribution in [1.29, 1.82) is 0 Å². The van der Waals surface area contributed by atoms with Crippen LogP contribution in [0.5, 0.6) is 5.88 Å². The van der Waals surface area contributed by atoms with Gasteiger partial charge >= 0.3 is 0 Å². The molecular weight excluding hydrogens is 332 g/mol. The van der Waals surface area contributed by atoms with Crippen molar-refractivity contribution in [3.63, 3.8) is 0 Å². The van der Waals surface area contributed by atoms with Crippen LogP contribution in [0.25, 0.3) is 21.3 Å². The molecule has 5 heteroatoms. The average molecular weight is 346 g/mol. The quantitative estimate of drug-likeness (QED) is 0.552. The molecule has 0 amide bonds. The molecule has 0 fully saturated rings. The smallest absolute Gasteiger partial charge is 0.266 e. The van der Waals surface area contributed by atoms with Crippen molar-refractivity contribution in [2.45, 2.75) is 12.5 Å². The maximum Gasteiger partial charge on any atom is 0.266 e. The normalized spacial score (nSPS) is 16.6. The molecule has 0 saturated heterocycles. The molecule has 2 aromatic heterocycles. The molecule has 0 radical (unpaired) electrons. The number of ether oxygens (including phenoxy) is 1. The van der Waals surface area contributed by atoms with Gasteiger partial charge in [-0.2, -0.15) is 4.98 Å². The number of fused-ring (bicyclic) bond motifs is 4. The second kappa shape index (κ2) is 5.57. The van der Waals surface area contributed by atoms with E-state index in [1.54, 1.807) is 4.40 Å². The highest BCUT2D eigenvalue weighted by atomic mass is 32.1. The summed E-state index contributed by atoms with van der Waals surface area (Å²) in [5, 5.41) is 0. The number of para-hydroxylation sites is 1. The molecule has 0 bridgehead atoms. The number of hydrogen-bond acceptors (Lipinski definition) is 4. The van der Waals surface area contributed by atoms with Crippen molar-refractivity contribution in [2.75, 3.05) is 0 Å². The molecule has 5 rings (SSSR count). The zero-order valence-corrected chi connectivity index (χ0v) is 14.1. The van der Waals surface area contributed by atoms with E-state index in [1.807, 2.05) is 66.7 Å². The predicted octanol–water partition coefficient (Wildman–Crippen LogP) is 3.93. The molecule has 0 saturated carbocycles. The zero-order valence-electron chi connectivity index (χ0n) is 13.3. The van der Waals surface area contributed by atoms with E-state index in [9.17, 15) is 4.79 Å². The van der Waals surface area contributed by atoms with Gasteiger partial charge in [0.2, 0.25) is 10.8 Å². The van der Waals surface area contributed by atoms with Crippen molar-refractivity contribution >= 4 is 32.6 Å². The molecule has 0 spiro atoms. The Morgan fingerprint density at radius 3 is 2.80 bits per heavy atom. The van der Waals surface area contributed by atoms with Crippen molar-refractivity contribution in [2.24, 2.45) is 0 Å². The molecule has 4 nitrogen and oxygen atoms in total. The molecule has 1 atom stereocenters. The summed E-state index contributed by atoms with van der Waals surface area (Å²) >= 11 is 1.51. The van der Waals surface area contributed by atoms with Crippen LogP contribution in [-0.2, 0) is 6.42 Å². The van der Waals surface area contributed by atoms with E-state index in [-0.39, 0.29) is 11.7 Å². The van der Waals surface area contributed by atoms with Gasteiger partial charge in [0, 0.05) is 6.42 Å². The lowest BCUT2D eigenvalue weighted by Gasteiger charge is -2.03. The highest BCUT2D eigenvalue weighted by Gasteiger charge is 2.27. The summed E-state index contributed by atoms with van der Waals surface area (Å²) in [4.78, 5) is 18.2. The molecule has 122 valence electrons. The summed E-state index contributed by atoms with van der Waals surface area (Å²) in [5.74, 6) is 0.472. The summed E-state index contributed by atoms with van der Waals surface area (Å²) in [6, 6.07) is 17.9. The predicted molar refractivity (Wildman–Crippen MR) is 100 cm³/mol. The number of benzene rings is 2. The van der Waals surface area contributed by atoms with Gasteiger partial charge in [-0.1, -0.05) is 59.9 Å². The Balaban J connectivity index is 1.55. The van der Waals surface area contributed by atoms with Gasteiger partial charge < -0.3 is 4.74 Å². The van der Waals surface area contributed by atoms with E-state index in [4.69, 9.17) is 4.74 Å². The number of aromatic nitrogens is 2. The Morgan fingerprint density at radius 1 is 1.12 bits per heavy atom. The third kappa shape index (κ3) is 2.36. The van der Waals surface area contributed by atoms with Gasteiger partial charge in [-0.15, -0.1) is 0 Å². The van der Waals surface area contributed by atoms with Crippen LogP contribution in [0, 0.1) is 0 Å². The third-order valence-corrected chi connectivity index (χ3v) is 5.41. The molecular formula is C20H14N2O2S. The van der Waals surface area contributed by atoms with E-state index < -0.39 is 0 Å². The van der Waals surface area contributed by atoms with Crippen LogP contribution in [0.2, 0.25) is 0 Å². The third-order valence-electron chi connectivity index (χ3n) is 4.39. The van der Waals surface area contributed by atoms with Gasteiger partial charge in [-0.3, -0.25) is 9.20 Å². The van der Waals surface area contributed by atoms with Crippen LogP contribution in [0.1, 0.15) is 11.1 Å². The molecule has 0 aliphatic carbocycles. The minimum absolute atomic E-state index is 0.0203. The second-order valence-corrected chi connectivity index (χ2v) is 7.03. The highest BCUT2D eigenvalue weighted by Crippen LogP contribution is 2.30. The summed E-state index contributed by atoms with van der Waals surface area (Å²) in [6.45, 7) is 0. The van der Waals surface area contributed by atoms with Crippen LogP contribution >= 0.6 is 11.3 Å². The Kier molecular flexibility index (Phi) is 3.21. The van der Waals surface area contributed by atoms with Gasteiger partial charge in [0.05, 0.1) is 15.8 Å². The first kappa shape index (κ1) is 14.4. The maximum absolute atomic E-state index is 12.9. The van der Waals surface area contributed by atoms with E-state index in [1.165, 1.54) is 11.3 Å². The molecule has 0 N–H and O–H groups in total. The van der Waals surface area contributed by atoms with Gasteiger partial charge in [0.25, 0.3) is 5.56 Å². The lowest BCUT2D eigenvalue weighted by Crippen LogP contribution is -2.17. The lowest BCUT2D eigenvalue weighted by atomic mass is 10.1. The van der Waals surface area contributed by atoms with Crippen molar-refractivity contribution in [3.05, 3.63) is 82.2 Å². The van der Waals surface area contributed by atoms with Crippen molar-refractivity contribution in [1.82, 2.24) is 9.38 Å². The van der Waals surface area contributed by atoms with E-state index in [0.717, 1.165) is 15.8 Å². The molecule has 4 aromatic rings. The van der Waals surface area contributed by atoms with E-state index >= 15 is 0 Å². The molecule has 25 heavy (non-hydrogen) atoms. The van der Waals surface area contributed by atoms with E-state index in [2.05, 4.69) is 4.98 Å². The SMILES string of the molecule is O=c1c2c(nc3sc4ccccc4n13)OC(/C=C/c1ccccc1)C2. The van der Waals surface area contributed by atoms with Gasteiger partial charge in [-0.05, 0) is 23.8 Å². The largest absolute Gasteiger partial charge is 0.469 e. The molecule has 1 unspecified atom stereocenters. The second-order valence-electron chi connectivity index (χ2n) is 6.02. The average Bonchev–Trinajstić information content (AvgIpc) is 3.22. The number of rotatable bonds is 2. The van der Waals surface area contributed by atoms with Gasteiger partial charge in [-0.25, -0.2) is 0 Å². The first-order valence-corrected chi connectivity index (χ1v) is 8.94. The van der Waals surface area contributed by atoms with Crippen molar-refractivity contribution < 1.29 is 4.74 Å². The Bertz CT molecular complexity index is 1170. The van der Waals surface area contributed by atoms with Crippen molar-refractivity contribution in [3.8, 4) is 5.88 Å².